The zero-order valence-electron chi connectivity index (χ0n) is 20.2. The SMILES string of the molecule is CCCCCCOC(=O)c1ccc(NC(c2ccncc2)c2ccc3ccc(C)nc3c2O)cc1. The van der Waals surface area contributed by atoms with E-state index in [4.69, 9.17) is 4.74 Å². The van der Waals surface area contributed by atoms with Crippen molar-refractivity contribution < 1.29 is 14.6 Å². The lowest BCUT2D eigenvalue weighted by Gasteiger charge is -2.22. The second kappa shape index (κ2) is 11.5. The molecule has 2 heterocycles. The first kappa shape index (κ1) is 24.2. The first-order valence-electron chi connectivity index (χ1n) is 12.1. The molecule has 0 aliphatic carbocycles. The molecule has 2 N–H and O–H groups in total. The minimum Gasteiger partial charge on any atom is -0.505 e. The number of benzene rings is 2. The molecule has 180 valence electrons. The summed E-state index contributed by atoms with van der Waals surface area (Å²) in [5.41, 5.74) is 4.38. The fourth-order valence-corrected chi connectivity index (χ4v) is 4.06. The Hall–Kier alpha value is -3.93. The van der Waals surface area contributed by atoms with E-state index in [2.05, 4.69) is 22.2 Å². The highest BCUT2D eigenvalue weighted by Gasteiger charge is 2.20. The third kappa shape index (κ3) is 5.96. The van der Waals surface area contributed by atoms with Gasteiger partial charge in [0.15, 0.2) is 0 Å². The van der Waals surface area contributed by atoms with Crippen LogP contribution in [-0.4, -0.2) is 27.7 Å². The number of hydrogen-bond donors (Lipinski definition) is 2. The van der Waals surface area contributed by atoms with Gasteiger partial charge in [-0.2, -0.15) is 0 Å². The number of nitrogens with zero attached hydrogens (tertiary/aromatic N) is 2. The van der Waals surface area contributed by atoms with Gasteiger partial charge in [-0.1, -0.05) is 44.4 Å². The number of pyridine rings is 2. The first-order valence-corrected chi connectivity index (χ1v) is 12.1. The number of esters is 1. The fourth-order valence-electron chi connectivity index (χ4n) is 4.06. The topological polar surface area (TPSA) is 84.3 Å². The largest absolute Gasteiger partial charge is 0.505 e. The van der Waals surface area contributed by atoms with Crippen molar-refractivity contribution in [3.63, 3.8) is 0 Å². The van der Waals surface area contributed by atoms with Gasteiger partial charge in [0.05, 0.1) is 18.2 Å². The van der Waals surface area contributed by atoms with Gasteiger partial charge in [-0.3, -0.25) is 4.98 Å². The minimum absolute atomic E-state index is 0.142. The number of rotatable bonds is 10. The summed E-state index contributed by atoms with van der Waals surface area (Å²) in [5, 5.41) is 15.5. The number of ether oxygens (including phenoxy) is 1. The molecule has 1 atom stereocenters. The molecule has 0 bridgehead atoms. The Kier molecular flexibility index (Phi) is 7.93. The number of carbonyl (C=O) groups is 1. The number of nitrogens with one attached hydrogen (secondary N) is 1. The van der Waals surface area contributed by atoms with Crippen molar-refractivity contribution in [1.29, 1.82) is 0 Å². The minimum atomic E-state index is -0.346. The molecule has 0 saturated heterocycles. The number of aromatic hydroxyl groups is 1. The lowest BCUT2D eigenvalue weighted by Crippen LogP contribution is -2.13. The fraction of sp³-hybridized carbons (Fsp3) is 0.276. The third-order valence-corrected chi connectivity index (χ3v) is 6.02. The molecule has 0 fully saturated rings. The maximum atomic E-state index is 12.4. The summed E-state index contributed by atoms with van der Waals surface area (Å²) in [6, 6.07) is 18.5. The number of carbonyl (C=O) groups excluding carboxylic acids is 1. The van der Waals surface area contributed by atoms with E-state index in [9.17, 15) is 9.90 Å². The number of unbranched alkanes of at least 4 members (excludes halogenated alkanes) is 3. The Morgan fingerprint density at radius 3 is 2.46 bits per heavy atom. The highest BCUT2D eigenvalue weighted by atomic mass is 16.5. The van der Waals surface area contributed by atoms with Crippen LogP contribution in [0.15, 0.2) is 73.1 Å². The summed E-state index contributed by atoms with van der Waals surface area (Å²) in [6.07, 6.45) is 7.71. The maximum Gasteiger partial charge on any atom is 0.338 e. The van der Waals surface area contributed by atoms with Gasteiger partial charge in [-0.05, 0) is 61.4 Å². The smallest absolute Gasteiger partial charge is 0.338 e. The van der Waals surface area contributed by atoms with Gasteiger partial charge in [0.1, 0.15) is 11.3 Å². The van der Waals surface area contributed by atoms with E-state index in [0.717, 1.165) is 48.0 Å². The highest BCUT2D eigenvalue weighted by Crippen LogP contribution is 2.36. The molecule has 0 amide bonds. The van der Waals surface area contributed by atoms with E-state index >= 15 is 0 Å². The van der Waals surface area contributed by atoms with Crippen molar-refractivity contribution in [2.24, 2.45) is 0 Å². The molecule has 6 heteroatoms. The van der Waals surface area contributed by atoms with Gasteiger partial charge in [0.25, 0.3) is 0 Å². The van der Waals surface area contributed by atoms with Crippen LogP contribution in [0, 0.1) is 6.92 Å². The van der Waals surface area contributed by atoms with Crippen LogP contribution in [-0.2, 0) is 4.74 Å². The van der Waals surface area contributed by atoms with Crippen LogP contribution in [0.3, 0.4) is 0 Å². The number of fused-ring (bicyclic) bond motifs is 1. The van der Waals surface area contributed by atoms with E-state index in [-0.39, 0.29) is 17.8 Å². The second-order valence-electron chi connectivity index (χ2n) is 8.66. The Morgan fingerprint density at radius 1 is 0.971 bits per heavy atom. The maximum absolute atomic E-state index is 12.4. The number of hydrogen-bond acceptors (Lipinski definition) is 6. The third-order valence-electron chi connectivity index (χ3n) is 6.02. The monoisotopic (exact) mass is 469 g/mol. The van der Waals surface area contributed by atoms with Gasteiger partial charge in [0.2, 0.25) is 0 Å². The molecular formula is C29H31N3O3. The summed E-state index contributed by atoms with van der Waals surface area (Å²) in [7, 11) is 0. The van der Waals surface area contributed by atoms with Crippen molar-refractivity contribution in [3.05, 3.63) is 95.4 Å². The van der Waals surface area contributed by atoms with E-state index in [1.54, 1.807) is 24.5 Å². The molecule has 0 aliphatic heterocycles. The van der Waals surface area contributed by atoms with Crippen molar-refractivity contribution in [2.45, 2.75) is 45.6 Å². The van der Waals surface area contributed by atoms with Gasteiger partial charge in [-0.25, -0.2) is 9.78 Å². The molecule has 2 aromatic carbocycles. The highest BCUT2D eigenvalue weighted by molar-refractivity contribution is 5.90. The lowest BCUT2D eigenvalue weighted by atomic mass is 9.96. The predicted octanol–water partition coefficient (Wildman–Crippen LogP) is 6.58. The van der Waals surface area contributed by atoms with Crippen LogP contribution in [0.2, 0.25) is 0 Å². The number of phenols is 1. The Bertz CT molecular complexity index is 1270. The zero-order valence-corrected chi connectivity index (χ0v) is 20.2. The van der Waals surface area contributed by atoms with Crippen LogP contribution >= 0.6 is 0 Å². The average molecular weight is 470 g/mol. The quantitative estimate of drug-likeness (QED) is 0.201. The second-order valence-corrected chi connectivity index (χ2v) is 8.66. The lowest BCUT2D eigenvalue weighted by molar-refractivity contribution is 0.0498. The molecule has 0 radical (unpaired) electrons. The predicted molar refractivity (Wildman–Crippen MR) is 139 cm³/mol. The van der Waals surface area contributed by atoms with E-state index < -0.39 is 0 Å². The molecule has 0 spiro atoms. The van der Waals surface area contributed by atoms with Crippen LogP contribution in [0.25, 0.3) is 10.9 Å². The number of phenolic OH excluding ortho intramolecular Hbond substituents is 1. The molecule has 0 saturated carbocycles. The molecule has 0 aliphatic rings. The summed E-state index contributed by atoms with van der Waals surface area (Å²) >= 11 is 0. The summed E-state index contributed by atoms with van der Waals surface area (Å²) in [6.45, 7) is 4.50. The normalized spacial score (nSPS) is 11.8. The van der Waals surface area contributed by atoms with Crippen LogP contribution in [0.1, 0.15) is 65.8 Å². The molecule has 35 heavy (non-hydrogen) atoms. The number of aryl methyl sites for hydroxylation is 1. The van der Waals surface area contributed by atoms with Gasteiger partial charge < -0.3 is 15.2 Å². The first-order chi connectivity index (χ1) is 17.1. The Balaban J connectivity index is 1.56. The average Bonchev–Trinajstić information content (AvgIpc) is 2.89. The summed E-state index contributed by atoms with van der Waals surface area (Å²) in [4.78, 5) is 21.0. The zero-order chi connectivity index (χ0) is 24.6. The summed E-state index contributed by atoms with van der Waals surface area (Å²) in [5.74, 6) is -0.170. The van der Waals surface area contributed by atoms with Crippen molar-refractivity contribution in [2.75, 3.05) is 11.9 Å². The Morgan fingerprint density at radius 2 is 1.71 bits per heavy atom. The number of aromatic nitrogens is 2. The van der Waals surface area contributed by atoms with Crippen molar-refractivity contribution in [1.82, 2.24) is 9.97 Å². The Labute approximate surface area is 206 Å². The van der Waals surface area contributed by atoms with Gasteiger partial charge >= 0.3 is 5.97 Å². The van der Waals surface area contributed by atoms with E-state index in [0.29, 0.717) is 23.3 Å². The molecule has 4 rings (SSSR count). The standard InChI is InChI=1S/C29H31N3O3/c1-3-4-5-6-19-35-29(34)23-9-12-24(13-10-23)32-26(22-15-17-30-18-16-22)25-14-11-21-8-7-20(2)31-27(21)28(25)33/h7-18,26,32-33H,3-6,19H2,1-2H3. The van der Waals surface area contributed by atoms with Crippen molar-refractivity contribution >= 4 is 22.6 Å². The van der Waals surface area contributed by atoms with E-state index in [1.807, 2.05) is 55.5 Å². The van der Waals surface area contributed by atoms with Gasteiger partial charge in [0, 0.05) is 34.7 Å². The molecular weight excluding hydrogens is 438 g/mol. The van der Waals surface area contributed by atoms with Gasteiger partial charge in [-0.15, -0.1) is 0 Å². The molecule has 4 aromatic rings. The number of anilines is 1. The summed E-state index contributed by atoms with van der Waals surface area (Å²) < 4.78 is 5.39. The van der Waals surface area contributed by atoms with Crippen molar-refractivity contribution in [3.8, 4) is 5.75 Å². The molecule has 6 nitrogen and oxygen atoms in total. The van der Waals surface area contributed by atoms with Crippen LogP contribution in [0.4, 0.5) is 5.69 Å². The molecule has 1 unspecified atom stereocenters. The molecule has 2 aromatic heterocycles. The van der Waals surface area contributed by atoms with E-state index in [1.165, 1.54) is 0 Å². The van der Waals surface area contributed by atoms with Crippen LogP contribution in [0.5, 0.6) is 5.75 Å². The van der Waals surface area contributed by atoms with Crippen LogP contribution < -0.4 is 5.32 Å².